The third kappa shape index (κ3) is 7.39. The Morgan fingerprint density at radius 3 is 1.44 bits per heavy atom. The van der Waals surface area contributed by atoms with E-state index in [1.165, 1.54) is 24.3 Å². The molecular weight excluding hydrogens is 444 g/mol. The lowest BCUT2D eigenvalue weighted by molar-refractivity contribution is -0.386. The van der Waals surface area contributed by atoms with Gasteiger partial charge in [0.2, 0.25) is 0 Å². The molecule has 1 aliphatic rings. The van der Waals surface area contributed by atoms with E-state index in [4.69, 9.17) is 9.47 Å². The molecule has 0 bridgehead atoms. The number of aliphatic hydroxyl groups excluding tert-OH is 2. The summed E-state index contributed by atoms with van der Waals surface area (Å²) in [6.07, 6.45) is 3.29. The van der Waals surface area contributed by atoms with Crippen molar-refractivity contribution < 1.29 is 29.5 Å². The molecule has 1 aliphatic carbocycles. The lowest BCUT2D eigenvalue weighted by Crippen LogP contribution is -2.27. The zero-order valence-electron chi connectivity index (χ0n) is 18.8. The Morgan fingerprint density at radius 2 is 1.09 bits per heavy atom. The molecule has 0 aromatic heterocycles. The molecule has 10 heteroatoms. The van der Waals surface area contributed by atoms with E-state index in [9.17, 15) is 30.4 Å². The van der Waals surface area contributed by atoms with Crippen LogP contribution in [0.5, 0.6) is 11.5 Å². The van der Waals surface area contributed by atoms with Gasteiger partial charge in [0.25, 0.3) is 0 Å². The maximum absolute atomic E-state index is 11.1. The minimum atomic E-state index is -0.720. The predicted octanol–water partition coefficient (Wildman–Crippen LogP) is 4.27. The van der Waals surface area contributed by atoms with Gasteiger partial charge in [0.15, 0.2) is 11.5 Å². The van der Waals surface area contributed by atoms with Gasteiger partial charge in [-0.2, -0.15) is 0 Å². The van der Waals surface area contributed by atoms with Crippen LogP contribution in [0, 0.1) is 32.1 Å². The highest BCUT2D eigenvalue weighted by molar-refractivity contribution is 5.46. The molecule has 0 heterocycles. The van der Waals surface area contributed by atoms with Crippen LogP contribution in [0.3, 0.4) is 0 Å². The topological polar surface area (TPSA) is 145 Å². The second kappa shape index (κ2) is 12.3. The van der Waals surface area contributed by atoms with Crippen LogP contribution in [0.15, 0.2) is 48.5 Å². The SMILES string of the molecule is O=[N+]([O-])c1ccccc1OC[C@@H](O)CC1CCC(C[C@@H](O)COc2ccccc2[N+](=O)[O-])CC1. The Labute approximate surface area is 197 Å². The molecule has 2 aromatic rings. The number of benzene rings is 2. The summed E-state index contributed by atoms with van der Waals surface area (Å²) >= 11 is 0. The first-order chi connectivity index (χ1) is 16.3. The van der Waals surface area contributed by atoms with Gasteiger partial charge in [0.05, 0.1) is 22.1 Å². The fourth-order valence-corrected chi connectivity index (χ4v) is 4.44. The Kier molecular flexibility index (Phi) is 9.17. The fourth-order valence-electron chi connectivity index (χ4n) is 4.44. The lowest BCUT2D eigenvalue weighted by Gasteiger charge is -2.30. The van der Waals surface area contributed by atoms with E-state index >= 15 is 0 Å². The molecule has 2 atom stereocenters. The van der Waals surface area contributed by atoms with Crippen LogP contribution >= 0.6 is 0 Å². The van der Waals surface area contributed by atoms with Gasteiger partial charge < -0.3 is 19.7 Å². The van der Waals surface area contributed by atoms with E-state index in [1.54, 1.807) is 24.3 Å². The van der Waals surface area contributed by atoms with E-state index in [-0.39, 0.29) is 36.1 Å². The normalized spacial score (nSPS) is 19.7. The van der Waals surface area contributed by atoms with E-state index in [2.05, 4.69) is 0 Å². The number of nitrogens with zero attached hydrogens (tertiary/aromatic N) is 2. The number of aliphatic hydroxyl groups is 2. The van der Waals surface area contributed by atoms with Crippen molar-refractivity contribution >= 4 is 11.4 Å². The van der Waals surface area contributed by atoms with E-state index < -0.39 is 22.1 Å². The second-order valence-corrected chi connectivity index (χ2v) is 8.74. The van der Waals surface area contributed by atoms with Crippen molar-refractivity contribution in [2.45, 2.75) is 50.7 Å². The minimum absolute atomic E-state index is 0.00748. The molecule has 1 saturated carbocycles. The van der Waals surface area contributed by atoms with Gasteiger partial charge in [0, 0.05) is 12.1 Å². The molecule has 2 aromatic carbocycles. The van der Waals surface area contributed by atoms with Gasteiger partial charge in [-0.25, -0.2) is 0 Å². The Balaban J connectivity index is 1.36. The summed E-state index contributed by atoms with van der Waals surface area (Å²) in [5.41, 5.74) is -0.251. The maximum atomic E-state index is 11.1. The summed E-state index contributed by atoms with van der Waals surface area (Å²) in [4.78, 5) is 21.1. The minimum Gasteiger partial charge on any atom is -0.484 e. The van der Waals surface area contributed by atoms with Crippen LogP contribution in [-0.2, 0) is 0 Å². The van der Waals surface area contributed by atoms with Crippen molar-refractivity contribution in [3.05, 3.63) is 68.8 Å². The van der Waals surface area contributed by atoms with Gasteiger partial charge in [0.1, 0.15) is 13.2 Å². The largest absolute Gasteiger partial charge is 0.484 e. The van der Waals surface area contributed by atoms with Gasteiger partial charge >= 0.3 is 11.4 Å². The molecule has 1 fully saturated rings. The van der Waals surface area contributed by atoms with Gasteiger partial charge in [-0.3, -0.25) is 20.2 Å². The third-order valence-corrected chi connectivity index (χ3v) is 6.16. The Morgan fingerprint density at radius 1 is 0.735 bits per heavy atom. The molecule has 0 radical (unpaired) electrons. The summed E-state index contributed by atoms with van der Waals surface area (Å²) < 4.78 is 11.0. The summed E-state index contributed by atoms with van der Waals surface area (Å²) in [5, 5.41) is 42.8. The lowest BCUT2D eigenvalue weighted by atomic mass is 9.77. The van der Waals surface area contributed by atoms with Crippen molar-refractivity contribution in [2.24, 2.45) is 11.8 Å². The number of hydrogen-bond acceptors (Lipinski definition) is 8. The molecule has 10 nitrogen and oxygen atoms in total. The predicted molar refractivity (Wildman–Crippen MR) is 124 cm³/mol. The highest BCUT2D eigenvalue weighted by Crippen LogP contribution is 2.35. The van der Waals surface area contributed by atoms with E-state index in [0.29, 0.717) is 24.7 Å². The smallest absolute Gasteiger partial charge is 0.310 e. The number of ether oxygens (including phenoxy) is 2. The van der Waals surface area contributed by atoms with Crippen molar-refractivity contribution in [1.29, 1.82) is 0 Å². The molecule has 34 heavy (non-hydrogen) atoms. The molecule has 184 valence electrons. The van der Waals surface area contributed by atoms with Crippen LogP contribution < -0.4 is 9.47 Å². The van der Waals surface area contributed by atoms with Crippen molar-refractivity contribution in [3.63, 3.8) is 0 Å². The van der Waals surface area contributed by atoms with Crippen molar-refractivity contribution in [3.8, 4) is 11.5 Å². The number of nitro benzene ring substituents is 2. The number of rotatable bonds is 12. The van der Waals surface area contributed by atoms with Gasteiger partial charge in [-0.1, -0.05) is 49.9 Å². The standard InChI is InChI=1S/C24H30N2O8/c27-19(15-33-23-7-3-1-5-21(23)25(29)30)13-17-9-11-18(12-10-17)14-20(28)16-34-24-8-4-2-6-22(24)26(31)32/h1-8,17-20,27-28H,9-16H2/t17?,18?,19-,20+. The first-order valence-electron chi connectivity index (χ1n) is 11.4. The number of nitro groups is 2. The molecule has 0 spiro atoms. The Bertz CT molecular complexity index is 884. The summed E-state index contributed by atoms with van der Waals surface area (Å²) in [7, 11) is 0. The molecule has 2 N–H and O–H groups in total. The zero-order chi connectivity index (χ0) is 24.5. The third-order valence-electron chi connectivity index (χ3n) is 6.16. The van der Waals surface area contributed by atoms with Crippen LogP contribution in [0.2, 0.25) is 0 Å². The highest BCUT2D eigenvalue weighted by atomic mass is 16.6. The molecule has 0 unspecified atom stereocenters. The quantitative estimate of drug-likeness (QED) is 0.343. The molecular formula is C24H30N2O8. The van der Waals surface area contributed by atoms with Crippen LogP contribution in [0.1, 0.15) is 38.5 Å². The van der Waals surface area contributed by atoms with E-state index in [0.717, 1.165) is 25.7 Å². The van der Waals surface area contributed by atoms with Crippen LogP contribution in [0.4, 0.5) is 11.4 Å². The number of para-hydroxylation sites is 4. The molecule has 0 aliphatic heterocycles. The average Bonchev–Trinajstić information content (AvgIpc) is 2.83. The first-order valence-corrected chi connectivity index (χ1v) is 11.4. The van der Waals surface area contributed by atoms with Crippen molar-refractivity contribution in [2.75, 3.05) is 13.2 Å². The van der Waals surface area contributed by atoms with Gasteiger partial charge in [-0.15, -0.1) is 0 Å². The maximum Gasteiger partial charge on any atom is 0.310 e. The first kappa shape index (κ1) is 25.4. The monoisotopic (exact) mass is 474 g/mol. The van der Waals surface area contributed by atoms with Crippen molar-refractivity contribution in [1.82, 2.24) is 0 Å². The summed E-state index contributed by atoms with van der Waals surface area (Å²) in [6.45, 7) is -0.0150. The molecule has 3 rings (SSSR count). The van der Waals surface area contributed by atoms with Crippen LogP contribution in [0.25, 0.3) is 0 Å². The molecule has 0 amide bonds. The Hall–Kier alpha value is -3.24. The zero-order valence-corrected chi connectivity index (χ0v) is 18.8. The second-order valence-electron chi connectivity index (χ2n) is 8.74. The summed E-state index contributed by atoms with van der Waals surface area (Å²) in [5.74, 6) is 0.932. The fraction of sp³-hybridized carbons (Fsp3) is 0.500. The highest BCUT2D eigenvalue weighted by Gasteiger charge is 2.26. The number of hydrogen-bond donors (Lipinski definition) is 2. The van der Waals surface area contributed by atoms with Gasteiger partial charge in [-0.05, 0) is 36.8 Å². The van der Waals surface area contributed by atoms with E-state index in [1.807, 2.05) is 0 Å². The summed E-state index contributed by atoms with van der Waals surface area (Å²) in [6, 6.07) is 12.2. The van der Waals surface area contributed by atoms with Crippen LogP contribution in [-0.4, -0.2) is 45.5 Å². The molecule has 0 saturated heterocycles. The average molecular weight is 475 g/mol.